The van der Waals surface area contributed by atoms with Crippen LogP contribution in [0.4, 0.5) is 0 Å². The molecule has 1 aromatic rings. The fraction of sp³-hybridized carbons (Fsp3) is 0.500. The molecule has 0 saturated carbocycles. The highest BCUT2D eigenvalue weighted by Gasteiger charge is 2.20. The van der Waals surface area contributed by atoms with Crippen LogP contribution in [-0.4, -0.2) is 24.6 Å². The van der Waals surface area contributed by atoms with Crippen molar-refractivity contribution in [1.82, 2.24) is 0 Å². The second kappa shape index (κ2) is 9.13. The average Bonchev–Trinajstić information content (AvgIpc) is 2.45. The van der Waals surface area contributed by atoms with Crippen LogP contribution in [0.1, 0.15) is 32.3 Å². The van der Waals surface area contributed by atoms with Crippen molar-refractivity contribution in [2.75, 3.05) is 6.61 Å². The second-order valence-corrected chi connectivity index (χ2v) is 5.31. The fourth-order valence-electron chi connectivity index (χ4n) is 1.56. The summed E-state index contributed by atoms with van der Waals surface area (Å²) in [5, 5.41) is 0. The van der Waals surface area contributed by atoms with Gasteiger partial charge in [0.25, 0.3) is 0 Å². The first-order valence-corrected chi connectivity index (χ1v) is 7.10. The SMILES string of the molecule is CC(C)CCOC(=O)C(N)CC(=O)OCc1ccccc1. The molecule has 1 atom stereocenters. The molecule has 5 nitrogen and oxygen atoms in total. The van der Waals surface area contributed by atoms with Crippen LogP contribution in [0.25, 0.3) is 0 Å². The van der Waals surface area contributed by atoms with Crippen LogP contribution in [0.2, 0.25) is 0 Å². The number of nitrogens with two attached hydrogens (primary N) is 1. The van der Waals surface area contributed by atoms with E-state index in [1.165, 1.54) is 0 Å². The number of benzene rings is 1. The molecular weight excluding hydrogens is 270 g/mol. The van der Waals surface area contributed by atoms with Crippen molar-refractivity contribution in [2.24, 2.45) is 11.7 Å². The molecule has 5 heteroatoms. The minimum absolute atomic E-state index is 0.173. The lowest BCUT2D eigenvalue weighted by Crippen LogP contribution is -2.35. The predicted molar refractivity (Wildman–Crippen MR) is 79.2 cm³/mol. The van der Waals surface area contributed by atoms with Gasteiger partial charge in [-0.2, -0.15) is 0 Å². The van der Waals surface area contributed by atoms with Gasteiger partial charge in [-0.1, -0.05) is 44.2 Å². The summed E-state index contributed by atoms with van der Waals surface area (Å²) >= 11 is 0. The maximum absolute atomic E-state index is 11.6. The summed E-state index contributed by atoms with van der Waals surface area (Å²) in [4.78, 5) is 23.2. The van der Waals surface area contributed by atoms with Crippen molar-refractivity contribution in [3.8, 4) is 0 Å². The molecule has 0 radical (unpaired) electrons. The highest BCUT2D eigenvalue weighted by molar-refractivity contribution is 5.82. The van der Waals surface area contributed by atoms with Gasteiger partial charge < -0.3 is 15.2 Å². The normalized spacial score (nSPS) is 12.0. The van der Waals surface area contributed by atoms with Gasteiger partial charge in [-0.05, 0) is 17.9 Å². The van der Waals surface area contributed by atoms with Gasteiger partial charge in [0, 0.05) is 0 Å². The van der Waals surface area contributed by atoms with Gasteiger partial charge in [-0.3, -0.25) is 9.59 Å². The van der Waals surface area contributed by atoms with Crippen molar-refractivity contribution in [1.29, 1.82) is 0 Å². The number of hydrogen-bond donors (Lipinski definition) is 1. The van der Waals surface area contributed by atoms with E-state index >= 15 is 0 Å². The first-order chi connectivity index (χ1) is 9.99. The molecule has 1 rings (SSSR count). The van der Waals surface area contributed by atoms with Crippen LogP contribution >= 0.6 is 0 Å². The number of ether oxygens (including phenoxy) is 2. The Morgan fingerprint density at radius 3 is 2.43 bits per heavy atom. The molecule has 0 spiro atoms. The Labute approximate surface area is 125 Å². The molecule has 0 heterocycles. The van der Waals surface area contributed by atoms with E-state index in [9.17, 15) is 9.59 Å². The van der Waals surface area contributed by atoms with E-state index in [4.69, 9.17) is 15.2 Å². The molecule has 21 heavy (non-hydrogen) atoms. The Hall–Kier alpha value is -1.88. The number of carbonyl (C=O) groups is 2. The van der Waals surface area contributed by atoms with E-state index in [1.807, 2.05) is 44.2 Å². The van der Waals surface area contributed by atoms with Gasteiger partial charge in [0.15, 0.2) is 0 Å². The van der Waals surface area contributed by atoms with Crippen molar-refractivity contribution >= 4 is 11.9 Å². The summed E-state index contributed by atoms with van der Waals surface area (Å²) in [5.41, 5.74) is 6.52. The lowest BCUT2D eigenvalue weighted by atomic mass is 10.1. The zero-order chi connectivity index (χ0) is 15.7. The van der Waals surface area contributed by atoms with Gasteiger partial charge in [0.1, 0.15) is 12.6 Å². The molecule has 2 N–H and O–H groups in total. The summed E-state index contributed by atoms with van der Waals surface area (Å²) < 4.78 is 10.1. The Kier molecular flexibility index (Phi) is 7.46. The van der Waals surface area contributed by atoms with E-state index in [2.05, 4.69) is 0 Å². The Bertz CT molecular complexity index is 445. The summed E-state index contributed by atoms with van der Waals surface area (Å²) in [6.45, 7) is 4.57. The van der Waals surface area contributed by atoms with Crippen LogP contribution in [0.5, 0.6) is 0 Å². The third-order valence-corrected chi connectivity index (χ3v) is 2.87. The van der Waals surface area contributed by atoms with Crippen molar-refractivity contribution in [2.45, 2.75) is 39.3 Å². The van der Waals surface area contributed by atoms with E-state index in [1.54, 1.807) is 0 Å². The van der Waals surface area contributed by atoms with Crippen LogP contribution < -0.4 is 5.73 Å². The molecular formula is C16H23NO4. The summed E-state index contributed by atoms with van der Waals surface area (Å²) in [6, 6.07) is 8.34. The van der Waals surface area contributed by atoms with E-state index in [0.29, 0.717) is 12.5 Å². The Morgan fingerprint density at radius 1 is 1.14 bits per heavy atom. The second-order valence-electron chi connectivity index (χ2n) is 5.31. The number of hydrogen-bond acceptors (Lipinski definition) is 5. The van der Waals surface area contributed by atoms with Crippen LogP contribution in [0, 0.1) is 5.92 Å². The standard InChI is InChI=1S/C16H23NO4/c1-12(2)8-9-20-16(19)14(17)10-15(18)21-11-13-6-4-3-5-7-13/h3-7,12,14H,8-11,17H2,1-2H3. The molecule has 0 saturated heterocycles. The lowest BCUT2D eigenvalue weighted by molar-refractivity contribution is -0.152. The molecule has 1 aromatic carbocycles. The Balaban J connectivity index is 2.25. The van der Waals surface area contributed by atoms with Crippen molar-refractivity contribution in [3.63, 3.8) is 0 Å². The molecule has 0 aliphatic rings. The topological polar surface area (TPSA) is 78.6 Å². The Morgan fingerprint density at radius 2 is 1.81 bits per heavy atom. The minimum Gasteiger partial charge on any atom is -0.465 e. The zero-order valence-corrected chi connectivity index (χ0v) is 12.6. The van der Waals surface area contributed by atoms with Gasteiger partial charge in [-0.25, -0.2) is 0 Å². The molecule has 0 aliphatic carbocycles. The van der Waals surface area contributed by atoms with Gasteiger partial charge in [-0.15, -0.1) is 0 Å². The molecule has 0 aromatic heterocycles. The number of esters is 2. The monoisotopic (exact) mass is 293 g/mol. The first-order valence-electron chi connectivity index (χ1n) is 7.10. The summed E-state index contributed by atoms with van der Waals surface area (Å²) in [5.74, 6) is -0.621. The van der Waals surface area contributed by atoms with Gasteiger partial charge in [0.2, 0.25) is 0 Å². The van der Waals surface area contributed by atoms with Crippen LogP contribution in [0.3, 0.4) is 0 Å². The molecule has 0 amide bonds. The summed E-state index contributed by atoms with van der Waals surface area (Å²) in [6.07, 6.45) is 0.601. The average molecular weight is 293 g/mol. The van der Waals surface area contributed by atoms with E-state index in [0.717, 1.165) is 12.0 Å². The highest BCUT2D eigenvalue weighted by atomic mass is 16.5. The van der Waals surface area contributed by atoms with E-state index in [-0.39, 0.29) is 13.0 Å². The number of carbonyl (C=O) groups excluding carboxylic acids is 2. The largest absolute Gasteiger partial charge is 0.465 e. The smallest absolute Gasteiger partial charge is 0.323 e. The first kappa shape index (κ1) is 17.2. The summed E-state index contributed by atoms with van der Waals surface area (Å²) in [7, 11) is 0. The maximum Gasteiger partial charge on any atom is 0.323 e. The third-order valence-electron chi connectivity index (χ3n) is 2.87. The van der Waals surface area contributed by atoms with Crippen LogP contribution in [0.15, 0.2) is 30.3 Å². The quantitative estimate of drug-likeness (QED) is 0.742. The predicted octanol–water partition coefficient (Wildman–Crippen LogP) is 2.04. The minimum atomic E-state index is -0.972. The molecule has 0 bridgehead atoms. The fourth-order valence-corrected chi connectivity index (χ4v) is 1.56. The zero-order valence-electron chi connectivity index (χ0n) is 12.6. The third kappa shape index (κ3) is 7.46. The lowest BCUT2D eigenvalue weighted by Gasteiger charge is -2.12. The molecule has 1 unspecified atom stereocenters. The van der Waals surface area contributed by atoms with Gasteiger partial charge in [0.05, 0.1) is 13.0 Å². The maximum atomic E-state index is 11.6. The molecule has 0 aliphatic heterocycles. The molecule has 116 valence electrons. The highest BCUT2D eigenvalue weighted by Crippen LogP contribution is 2.04. The van der Waals surface area contributed by atoms with Crippen LogP contribution in [-0.2, 0) is 25.7 Å². The van der Waals surface area contributed by atoms with Crippen molar-refractivity contribution in [3.05, 3.63) is 35.9 Å². The molecule has 0 fully saturated rings. The number of rotatable bonds is 8. The van der Waals surface area contributed by atoms with Crippen molar-refractivity contribution < 1.29 is 19.1 Å². The van der Waals surface area contributed by atoms with E-state index < -0.39 is 18.0 Å². The van der Waals surface area contributed by atoms with Gasteiger partial charge >= 0.3 is 11.9 Å².